The Hall–Kier alpha value is -1.76. The molecule has 0 aromatic heterocycles. The highest BCUT2D eigenvalue weighted by Crippen LogP contribution is 2.16. The maximum atomic E-state index is 12.1. The highest BCUT2D eigenvalue weighted by molar-refractivity contribution is 5.80. The van der Waals surface area contributed by atoms with E-state index in [2.05, 4.69) is 20.4 Å². The third-order valence-corrected chi connectivity index (χ3v) is 2.78. The average molecular weight is 345 g/mol. The zero-order valence-electron chi connectivity index (χ0n) is 14.6. The molecule has 0 fully saturated rings. The third kappa shape index (κ3) is 9.39. The van der Waals surface area contributed by atoms with Crippen molar-refractivity contribution in [1.29, 1.82) is 0 Å². The third-order valence-electron chi connectivity index (χ3n) is 2.78. The van der Waals surface area contributed by atoms with Crippen LogP contribution in [-0.2, 0) is 17.9 Å². The molecular formula is C17H26F3N3O. The maximum Gasteiger partial charge on any atom is 0.411 e. The van der Waals surface area contributed by atoms with Gasteiger partial charge in [0.2, 0.25) is 0 Å². The number of nitrogens with zero attached hydrogens (tertiary/aromatic N) is 1. The van der Waals surface area contributed by atoms with E-state index in [1.807, 2.05) is 33.8 Å². The molecule has 1 aromatic carbocycles. The van der Waals surface area contributed by atoms with E-state index in [0.717, 1.165) is 12.1 Å². The van der Waals surface area contributed by atoms with E-state index in [-0.39, 0.29) is 12.1 Å². The molecule has 24 heavy (non-hydrogen) atoms. The van der Waals surface area contributed by atoms with Crippen LogP contribution in [0.5, 0.6) is 0 Å². The van der Waals surface area contributed by atoms with Crippen molar-refractivity contribution in [2.24, 2.45) is 4.99 Å². The second kappa shape index (κ2) is 8.92. The van der Waals surface area contributed by atoms with Gasteiger partial charge in [0.05, 0.1) is 13.2 Å². The van der Waals surface area contributed by atoms with Crippen LogP contribution in [0.25, 0.3) is 0 Å². The van der Waals surface area contributed by atoms with Crippen LogP contribution in [0.2, 0.25) is 0 Å². The minimum atomic E-state index is -4.30. The molecule has 1 aromatic rings. The predicted octanol–water partition coefficient (Wildman–Crippen LogP) is 3.62. The van der Waals surface area contributed by atoms with Gasteiger partial charge < -0.3 is 15.4 Å². The first-order chi connectivity index (χ1) is 11.1. The summed E-state index contributed by atoms with van der Waals surface area (Å²) in [5, 5.41) is 6.45. The largest absolute Gasteiger partial charge is 0.411 e. The van der Waals surface area contributed by atoms with E-state index in [1.54, 1.807) is 18.2 Å². The Morgan fingerprint density at radius 1 is 1.17 bits per heavy atom. The number of ether oxygens (including phenoxy) is 1. The van der Waals surface area contributed by atoms with Crippen molar-refractivity contribution < 1.29 is 17.9 Å². The first kappa shape index (κ1) is 20.3. The molecule has 2 N–H and O–H groups in total. The lowest BCUT2D eigenvalue weighted by Gasteiger charge is -2.23. The van der Waals surface area contributed by atoms with Crippen molar-refractivity contribution in [2.75, 3.05) is 13.2 Å². The normalized spacial score (nSPS) is 13.0. The maximum absolute atomic E-state index is 12.1. The van der Waals surface area contributed by atoms with Crippen LogP contribution in [0, 0.1) is 0 Å². The Morgan fingerprint density at radius 3 is 2.42 bits per heavy atom. The van der Waals surface area contributed by atoms with Crippen LogP contribution in [0.3, 0.4) is 0 Å². The predicted molar refractivity (Wildman–Crippen MR) is 89.9 cm³/mol. The molecule has 7 heteroatoms. The minimum absolute atomic E-state index is 0.0721. The molecule has 0 aliphatic heterocycles. The number of alkyl halides is 3. The summed E-state index contributed by atoms with van der Waals surface area (Å²) in [6.07, 6.45) is -4.30. The number of hydrogen-bond donors (Lipinski definition) is 2. The van der Waals surface area contributed by atoms with Crippen molar-refractivity contribution in [2.45, 2.75) is 52.6 Å². The summed E-state index contributed by atoms with van der Waals surface area (Å²) < 4.78 is 41.0. The zero-order chi connectivity index (χ0) is 18.2. The summed E-state index contributed by atoms with van der Waals surface area (Å²) in [6.45, 7) is 7.96. The van der Waals surface area contributed by atoms with Gasteiger partial charge in [-0.25, -0.2) is 4.99 Å². The second-order valence-corrected chi connectivity index (χ2v) is 6.50. The summed E-state index contributed by atoms with van der Waals surface area (Å²) in [4.78, 5) is 4.50. The van der Waals surface area contributed by atoms with Gasteiger partial charge in [-0.2, -0.15) is 13.2 Å². The number of aliphatic imine (C=N–C) groups is 1. The zero-order valence-corrected chi connectivity index (χ0v) is 14.6. The minimum Gasteiger partial charge on any atom is -0.367 e. The number of hydrogen-bond acceptors (Lipinski definition) is 2. The summed E-state index contributed by atoms with van der Waals surface area (Å²) in [7, 11) is 0. The number of halogens is 3. The van der Waals surface area contributed by atoms with Crippen molar-refractivity contribution in [3.05, 3.63) is 35.4 Å². The van der Waals surface area contributed by atoms with Crippen molar-refractivity contribution in [3.63, 3.8) is 0 Å². The Morgan fingerprint density at radius 2 is 1.83 bits per heavy atom. The van der Waals surface area contributed by atoms with Crippen molar-refractivity contribution >= 4 is 5.96 Å². The van der Waals surface area contributed by atoms with Crippen molar-refractivity contribution in [3.8, 4) is 0 Å². The fourth-order valence-corrected chi connectivity index (χ4v) is 1.94. The molecule has 1 rings (SSSR count). The van der Waals surface area contributed by atoms with Gasteiger partial charge in [0.1, 0.15) is 6.61 Å². The van der Waals surface area contributed by atoms with Crippen LogP contribution in [0.4, 0.5) is 13.2 Å². The van der Waals surface area contributed by atoms with E-state index in [0.29, 0.717) is 18.1 Å². The van der Waals surface area contributed by atoms with Gasteiger partial charge >= 0.3 is 6.18 Å². The van der Waals surface area contributed by atoms with Crippen molar-refractivity contribution in [1.82, 2.24) is 10.6 Å². The van der Waals surface area contributed by atoms with Gasteiger partial charge in [0.25, 0.3) is 0 Å². The van der Waals surface area contributed by atoms with E-state index in [9.17, 15) is 13.2 Å². The fourth-order valence-electron chi connectivity index (χ4n) is 1.94. The smallest absolute Gasteiger partial charge is 0.367 e. The summed E-state index contributed by atoms with van der Waals surface area (Å²) in [5.74, 6) is 0.698. The van der Waals surface area contributed by atoms with Crippen LogP contribution < -0.4 is 10.6 Å². The molecule has 4 nitrogen and oxygen atoms in total. The first-order valence-electron chi connectivity index (χ1n) is 7.88. The fraction of sp³-hybridized carbons (Fsp3) is 0.588. The molecular weight excluding hydrogens is 319 g/mol. The lowest BCUT2D eigenvalue weighted by atomic mass is 10.1. The molecule has 0 unspecified atom stereocenters. The highest BCUT2D eigenvalue weighted by Gasteiger charge is 2.27. The van der Waals surface area contributed by atoms with Gasteiger partial charge in [0.15, 0.2) is 5.96 Å². The molecule has 0 amide bonds. The molecule has 0 atom stereocenters. The highest BCUT2D eigenvalue weighted by atomic mass is 19.4. The van der Waals surface area contributed by atoms with E-state index in [4.69, 9.17) is 0 Å². The lowest BCUT2D eigenvalue weighted by Crippen LogP contribution is -2.47. The monoisotopic (exact) mass is 345 g/mol. The molecule has 0 aliphatic rings. The number of rotatable bonds is 6. The summed E-state index contributed by atoms with van der Waals surface area (Å²) in [5.41, 5.74) is 1.49. The van der Waals surface area contributed by atoms with Crippen LogP contribution in [0.15, 0.2) is 29.3 Å². The van der Waals surface area contributed by atoms with E-state index >= 15 is 0 Å². The quantitative estimate of drug-likeness (QED) is 0.611. The Bertz CT molecular complexity index is 537. The topological polar surface area (TPSA) is 45.7 Å². The van der Waals surface area contributed by atoms with Gasteiger partial charge in [-0.3, -0.25) is 0 Å². The molecule has 136 valence electrons. The molecule has 0 spiro atoms. The number of benzene rings is 1. The molecule has 0 bridgehead atoms. The van der Waals surface area contributed by atoms with Crippen LogP contribution in [0.1, 0.15) is 38.8 Å². The summed E-state index contributed by atoms with van der Waals surface area (Å²) >= 11 is 0. The number of guanidine groups is 1. The van der Waals surface area contributed by atoms with Gasteiger partial charge in [-0.15, -0.1) is 0 Å². The average Bonchev–Trinajstić information content (AvgIpc) is 2.43. The standard InChI is InChI=1S/C17H26F3N3O/c1-5-21-15(23-16(2,3)4)22-10-13-7-6-8-14(9-13)11-24-12-17(18,19)20/h6-9H,5,10-12H2,1-4H3,(H2,21,22,23). The van der Waals surface area contributed by atoms with Gasteiger partial charge in [-0.05, 0) is 38.8 Å². The Balaban J connectivity index is 2.66. The van der Waals surface area contributed by atoms with E-state index in [1.165, 1.54) is 0 Å². The molecule has 0 saturated heterocycles. The van der Waals surface area contributed by atoms with Gasteiger partial charge in [0, 0.05) is 12.1 Å². The molecule has 0 heterocycles. The summed E-state index contributed by atoms with van der Waals surface area (Å²) in [6, 6.07) is 7.22. The lowest BCUT2D eigenvalue weighted by molar-refractivity contribution is -0.176. The van der Waals surface area contributed by atoms with Crippen LogP contribution in [-0.4, -0.2) is 30.8 Å². The molecule has 0 saturated carbocycles. The Kier molecular flexibility index (Phi) is 7.54. The number of nitrogens with one attached hydrogen (secondary N) is 2. The van der Waals surface area contributed by atoms with E-state index < -0.39 is 12.8 Å². The molecule has 0 radical (unpaired) electrons. The SMILES string of the molecule is CCNC(=NCc1cccc(COCC(F)(F)F)c1)NC(C)(C)C. The first-order valence-corrected chi connectivity index (χ1v) is 7.88. The van der Waals surface area contributed by atoms with Gasteiger partial charge in [-0.1, -0.05) is 24.3 Å². The molecule has 0 aliphatic carbocycles. The Labute approximate surface area is 141 Å². The van der Waals surface area contributed by atoms with Crippen LogP contribution >= 0.6 is 0 Å². The second-order valence-electron chi connectivity index (χ2n) is 6.50.